The molecule has 0 bridgehead atoms. The Kier molecular flexibility index (Phi) is 4.56. The Hall–Kier alpha value is 0.230. The van der Waals surface area contributed by atoms with Gasteiger partial charge in [-0.05, 0) is 58.6 Å². The van der Waals surface area contributed by atoms with Crippen molar-refractivity contribution in [3.63, 3.8) is 0 Å². The summed E-state index contributed by atoms with van der Waals surface area (Å²) >= 11 is 1.99. The lowest BCUT2D eigenvalue weighted by Gasteiger charge is -2.44. The maximum Gasteiger partial charge on any atom is 0.0784 e. The molecule has 3 nitrogen and oxygen atoms in total. The molecule has 112 valence electrons. The van der Waals surface area contributed by atoms with Crippen LogP contribution in [0.4, 0.5) is 0 Å². The molecule has 0 aromatic heterocycles. The van der Waals surface area contributed by atoms with E-state index < -0.39 is 5.60 Å². The summed E-state index contributed by atoms with van der Waals surface area (Å²) in [6.45, 7) is 9.87. The van der Waals surface area contributed by atoms with E-state index in [4.69, 9.17) is 4.74 Å². The van der Waals surface area contributed by atoms with Crippen LogP contribution in [0, 0.1) is 5.92 Å². The topological polar surface area (TPSA) is 41.5 Å². The van der Waals surface area contributed by atoms with Gasteiger partial charge in [0.25, 0.3) is 0 Å². The third kappa shape index (κ3) is 4.10. The first kappa shape index (κ1) is 15.6. The third-order valence-corrected chi connectivity index (χ3v) is 5.64. The van der Waals surface area contributed by atoms with E-state index in [2.05, 4.69) is 26.1 Å². The highest BCUT2D eigenvalue weighted by Crippen LogP contribution is 2.43. The monoisotopic (exact) mass is 287 g/mol. The summed E-state index contributed by atoms with van der Waals surface area (Å²) in [5, 5.41) is 14.3. The fourth-order valence-corrected chi connectivity index (χ4v) is 4.39. The molecule has 19 heavy (non-hydrogen) atoms. The van der Waals surface area contributed by atoms with Crippen molar-refractivity contribution in [2.45, 2.75) is 63.7 Å². The second kappa shape index (κ2) is 5.55. The van der Waals surface area contributed by atoms with Crippen molar-refractivity contribution in [2.75, 3.05) is 24.7 Å². The van der Waals surface area contributed by atoms with E-state index in [1.54, 1.807) is 0 Å². The highest BCUT2D eigenvalue weighted by molar-refractivity contribution is 7.99. The number of rotatable bonds is 3. The predicted molar refractivity (Wildman–Crippen MR) is 81.7 cm³/mol. The molecule has 0 aromatic rings. The predicted octanol–water partition coefficient (Wildman–Crippen LogP) is 2.43. The van der Waals surface area contributed by atoms with Gasteiger partial charge < -0.3 is 15.2 Å². The largest absolute Gasteiger partial charge is 0.389 e. The maximum absolute atomic E-state index is 10.8. The van der Waals surface area contributed by atoms with Crippen LogP contribution in [0.25, 0.3) is 0 Å². The van der Waals surface area contributed by atoms with Gasteiger partial charge in [0.1, 0.15) is 0 Å². The van der Waals surface area contributed by atoms with Crippen molar-refractivity contribution >= 4 is 11.8 Å². The van der Waals surface area contributed by atoms with Gasteiger partial charge in [-0.15, -0.1) is 0 Å². The van der Waals surface area contributed by atoms with Gasteiger partial charge in [0.2, 0.25) is 0 Å². The molecule has 2 saturated heterocycles. The molecule has 0 aliphatic carbocycles. The minimum Gasteiger partial charge on any atom is -0.389 e. The Bertz CT molecular complexity index is 306. The highest BCUT2D eigenvalue weighted by Gasteiger charge is 2.45. The number of β-amino-alcohol motifs (C(OH)–C–C–N with tert-alkyl or cyclic N) is 1. The summed E-state index contributed by atoms with van der Waals surface area (Å²) in [5.74, 6) is 2.65. The first-order valence-corrected chi connectivity index (χ1v) is 8.57. The second-order valence-electron chi connectivity index (χ2n) is 7.48. The molecule has 2 aliphatic rings. The first-order chi connectivity index (χ1) is 8.73. The highest BCUT2D eigenvalue weighted by atomic mass is 32.2. The molecule has 4 heteroatoms. The number of aliphatic hydroxyl groups is 1. The van der Waals surface area contributed by atoms with Crippen molar-refractivity contribution in [3.05, 3.63) is 0 Å². The number of hydrogen-bond donors (Lipinski definition) is 2. The SMILES string of the molecule is CC(C)(C)NCC(C)(O)C1CCOC2(CCSC2)C1. The van der Waals surface area contributed by atoms with Gasteiger partial charge in [-0.1, -0.05) is 0 Å². The number of hydrogen-bond acceptors (Lipinski definition) is 4. The lowest BCUT2D eigenvalue weighted by molar-refractivity contribution is -0.126. The molecule has 2 heterocycles. The van der Waals surface area contributed by atoms with Gasteiger partial charge in [0.15, 0.2) is 0 Å². The molecule has 3 atom stereocenters. The molecular formula is C15H29NO2S. The van der Waals surface area contributed by atoms with Gasteiger partial charge in [-0.3, -0.25) is 0 Å². The Balaban J connectivity index is 1.95. The van der Waals surface area contributed by atoms with Crippen LogP contribution in [0.2, 0.25) is 0 Å². The molecule has 2 aliphatic heterocycles. The van der Waals surface area contributed by atoms with E-state index in [0.717, 1.165) is 31.6 Å². The molecule has 1 spiro atoms. The zero-order valence-electron chi connectivity index (χ0n) is 12.8. The van der Waals surface area contributed by atoms with Crippen molar-refractivity contribution < 1.29 is 9.84 Å². The van der Waals surface area contributed by atoms with Gasteiger partial charge in [0, 0.05) is 24.4 Å². The van der Waals surface area contributed by atoms with Crippen LogP contribution in [0.1, 0.15) is 47.0 Å². The first-order valence-electron chi connectivity index (χ1n) is 7.42. The van der Waals surface area contributed by atoms with Gasteiger partial charge >= 0.3 is 0 Å². The van der Waals surface area contributed by atoms with Crippen LogP contribution in [-0.4, -0.2) is 46.5 Å². The van der Waals surface area contributed by atoms with E-state index in [-0.39, 0.29) is 11.1 Å². The molecule has 0 aromatic carbocycles. The van der Waals surface area contributed by atoms with Crippen LogP contribution in [0.15, 0.2) is 0 Å². The third-order valence-electron chi connectivity index (χ3n) is 4.42. The molecule has 2 rings (SSSR count). The molecule has 3 unspecified atom stereocenters. The number of ether oxygens (including phenoxy) is 1. The van der Waals surface area contributed by atoms with Crippen molar-refractivity contribution in [1.29, 1.82) is 0 Å². The van der Waals surface area contributed by atoms with Crippen LogP contribution in [-0.2, 0) is 4.74 Å². The van der Waals surface area contributed by atoms with Gasteiger partial charge in [-0.2, -0.15) is 11.8 Å². The quantitative estimate of drug-likeness (QED) is 0.836. The van der Waals surface area contributed by atoms with Crippen LogP contribution >= 0.6 is 11.8 Å². The van der Waals surface area contributed by atoms with Gasteiger partial charge in [-0.25, -0.2) is 0 Å². The zero-order chi connectivity index (χ0) is 14.1. The molecule has 0 amide bonds. The Morgan fingerprint density at radius 1 is 1.37 bits per heavy atom. The summed E-state index contributed by atoms with van der Waals surface area (Å²) in [6, 6.07) is 0. The van der Waals surface area contributed by atoms with E-state index in [1.165, 1.54) is 5.75 Å². The summed E-state index contributed by atoms with van der Waals surface area (Å²) in [6.07, 6.45) is 3.14. The Morgan fingerprint density at radius 3 is 2.68 bits per heavy atom. The molecule has 2 fully saturated rings. The lowest BCUT2D eigenvalue weighted by Crippen LogP contribution is -2.54. The minimum absolute atomic E-state index is 0.0516. The summed E-state index contributed by atoms with van der Waals surface area (Å²) in [5.41, 5.74) is -0.535. The lowest BCUT2D eigenvalue weighted by atomic mass is 9.76. The van der Waals surface area contributed by atoms with Gasteiger partial charge in [0.05, 0.1) is 11.2 Å². The average Bonchev–Trinajstić information content (AvgIpc) is 2.74. The summed E-state index contributed by atoms with van der Waals surface area (Å²) in [7, 11) is 0. The second-order valence-corrected chi connectivity index (χ2v) is 8.59. The summed E-state index contributed by atoms with van der Waals surface area (Å²) < 4.78 is 6.04. The van der Waals surface area contributed by atoms with Crippen molar-refractivity contribution in [1.82, 2.24) is 5.32 Å². The minimum atomic E-state index is -0.642. The van der Waals surface area contributed by atoms with E-state index in [1.807, 2.05) is 18.7 Å². The smallest absolute Gasteiger partial charge is 0.0784 e. The van der Waals surface area contributed by atoms with Crippen molar-refractivity contribution in [2.24, 2.45) is 5.92 Å². The van der Waals surface area contributed by atoms with Crippen molar-refractivity contribution in [3.8, 4) is 0 Å². The normalized spacial score (nSPS) is 35.5. The van der Waals surface area contributed by atoms with E-state index >= 15 is 0 Å². The van der Waals surface area contributed by atoms with E-state index in [9.17, 15) is 5.11 Å². The maximum atomic E-state index is 10.8. The Labute approximate surface area is 121 Å². The molecule has 2 N–H and O–H groups in total. The molecular weight excluding hydrogens is 258 g/mol. The molecule has 0 radical (unpaired) electrons. The van der Waals surface area contributed by atoms with Crippen LogP contribution < -0.4 is 5.32 Å². The standard InChI is InChI=1S/C15H29NO2S/c1-13(2,3)16-10-14(4,17)12-5-7-18-15(9-12)6-8-19-11-15/h12,16-17H,5-11H2,1-4H3. The van der Waals surface area contributed by atoms with Crippen LogP contribution in [0.3, 0.4) is 0 Å². The zero-order valence-corrected chi connectivity index (χ0v) is 13.6. The van der Waals surface area contributed by atoms with Crippen LogP contribution in [0.5, 0.6) is 0 Å². The Morgan fingerprint density at radius 2 is 2.11 bits per heavy atom. The fourth-order valence-electron chi connectivity index (χ4n) is 3.01. The molecule has 0 saturated carbocycles. The summed E-state index contributed by atoms with van der Waals surface area (Å²) in [4.78, 5) is 0. The number of thioether (sulfide) groups is 1. The van der Waals surface area contributed by atoms with E-state index in [0.29, 0.717) is 12.5 Å². The fraction of sp³-hybridized carbons (Fsp3) is 1.00. The number of nitrogens with one attached hydrogen (secondary N) is 1. The average molecular weight is 287 g/mol.